The minimum Gasteiger partial charge on any atom is -0.467 e. The summed E-state index contributed by atoms with van der Waals surface area (Å²) in [5, 5.41) is 13.2. The quantitative estimate of drug-likeness (QED) is 0.296. The Balaban J connectivity index is 1.73. The average molecular weight is 515 g/mol. The van der Waals surface area contributed by atoms with Gasteiger partial charge in [-0.1, -0.05) is 12.1 Å². The number of non-ortho nitro benzene ring substituents is 1. The second-order valence-corrected chi connectivity index (χ2v) is 9.57. The van der Waals surface area contributed by atoms with Crippen LogP contribution < -0.4 is 10.0 Å². The van der Waals surface area contributed by atoms with Gasteiger partial charge in [-0.3, -0.25) is 14.9 Å². The minimum atomic E-state index is -4.53. The van der Waals surface area contributed by atoms with Gasteiger partial charge in [-0.05, 0) is 42.7 Å². The van der Waals surface area contributed by atoms with Crippen LogP contribution in [0, 0.1) is 10.1 Å². The Morgan fingerprint density at radius 2 is 1.69 bits per heavy atom. The lowest BCUT2D eigenvalue weighted by Crippen LogP contribution is -2.54. The predicted octanol–water partition coefficient (Wildman–Crippen LogP) is 2.33. The second kappa shape index (κ2) is 9.62. The maximum atomic E-state index is 12.9. The Hall–Kier alpha value is -3.52. The fourth-order valence-electron chi connectivity index (χ4n) is 3.26. The van der Waals surface area contributed by atoms with Gasteiger partial charge in [-0.15, -0.1) is 0 Å². The summed E-state index contributed by atoms with van der Waals surface area (Å²) in [6.45, 7) is 0. The molecule has 14 heteroatoms. The molecular weight excluding hydrogens is 495 g/mol. The van der Waals surface area contributed by atoms with Gasteiger partial charge in [0, 0.05) is 18.6 Å². The molecule has 0 radical (unpaired) electrons. The highest BCUT2D eigenvalue weighted by Crippen LogP contribution is 2.37. The van der Waals surface area contributed by atoms with Crippen molar-refractivity contribution in [1.29, 1.82) is 0 Å². The van der Waals surface area contributed by atoms with E-state index in [1.165, 1.54) is 0 Å². The number of sulfonamides is 1. The number of rotatable bonds is 9. The number of halogens is 3. The molecule has 0 aromatic heterocycles. The van der Waals surface area contributed by atoms with E-state index < -0.39 is 50.1 Å². The molecule has 1 saturated carbocycles. The van der Waals surface area contributed by atoms with E-state index in [2.05, 4.69) is 14.8 Å². The molecule has 10 nitrogen and oxygen atoms in total. The number of nitrogens with zero attached hydrogens (tertiary/aromatic N) is 1. The highest BCUT2D eigenvalue weighted by atomic mass is 32.2. The van der Waals surface area contributed by atoms with Crippen molar-refractivity contribution in [2.45, 2.75) is 41.9 Å². The highest BCUT2D eigenvalue weighted by molar-refractivity contribution is 7.89. The van der Waals surface area contributed by atoms with Crippen molar-refractivity contribution in [2.75, 3.05) is 7.11 Å². The number of carbonyl (C=O) groups excluding carboxylic acids is 2. The summed E-state index contributed by atoms with van der Waals surface area (Å²) in [6.07, 6.45) is -4.48. The Bertz CT molecular complexity index is 1230. The third kappa shape index (κ3) is 6.14. The van der Waals surface area contributed by atoms with Crippen LogP contribution >= 0.6 is 0 Å². The van der Waals surface area contributed by atoms with Gasteiger partial charge in [0.2, 0.25) is 15.9 Å². The number of carbonyl (C=O) groups is 2. The first-order valence-electron chi connectivity index (χ1n) is 10.1. The zero-order valence-corrected chi connectivity index (χ0v) is 19.0. The summed E-state index contributed by atoms with van der Waals surface area (Å²) in [5.74, 6) is -1.68. The third-order valence-electron chi connectivity index (χ3n) is 5.38. The van der Waals surface area contributed by atoms with Crippen molar-refractivity contribution < 1.29 is 40.8 Å². The Morgan fingerprint density at radius 3 is 2.14 bits per heavy atom. The monoisotopic (exact) mass is 515 g/mol. The van der Waals surface area contributed by atoms with Crippen LogP contribution in [0.3, 0.4) is 0 Å². The van der Waals surface area contributed by atoms with Gasteiger partial charge in [0.25, 0.3) is 5.69 Å². The molecule has 3 rings (SSSR count). The van der Waals surface area contributed by atoms with E-state index in [1.54, 1.807) is 0 Å². The molecule has 0 unspecified atom stereocenters. The SMILES string of the molecule is COC(=O)[C@H](Cc1ccc(C(F)(F)F)cc1)NC(=O)C1(NS(=O)(=O)c2ccc([N+](=O)[O-])cc2)CC1. The van der Waals surface area contributed by atoms with Gasteiger partial charge < -0.3 is 10.1 Å². The fraction of sp³-hybridized carbons (Fsp3) is 0.333. The van der Waals surface area contributed by atoms with E-state index in [1.807, 2.05) is 0 Å². The largest absolute Gasteiger partial charge is 0.467 e. The molecule has 0 aliphatic heterocycles. The van der Waals surface area contributed by atoms with E-state index in [9.17, 15) is 41.3 Å². The van der Waals surface area contributed by atoms with E-state index >= 15 is 0 Å². The van der Waals surface area contributed by atoms with Gasteiger partial charge in [0.1, 0.15) is 11.6 Å². The first kappa shape index (κ1) is 26.1. The van der Waals surface area contributed by atoms with Crippen LogP contribution in [0.2, 0.25) is 0 Å². The molecule has 1 fully saturated rings. The molecule has 0 bridgehead atoms. The smallest absolute Gasteiger partial charge is 0.416 e. The van der Waals surface area contributed by atoms with E-state index in [-0.39, 0.29) is 29.8 Å². The van der Waals surface area contributed by atoms with E-state index in [0.29, 0.717) is 5.56 Å². The number of alkyl halides is 3. The molecule has 1 atom stereocenters. The van der Waals surface area contributed by atoms with Crippen LogP contribution in [-0.2, 0) is 36.9 Å². The normalized spacial score (nSPS) is 15.7. The number of nitrogens with one attached hydrogen (secondary N) is 2. The first-order valence-corrected chi connectivity index (χ1v) is 11.6. The molecular formula is C21H20F3N3O7S. The molecule has 35 heavy (non-hydrogen) atoms. The number of esters is 1. The molecule has 188 valence electrons. The summed E-state index contributed by atoms with van der Waals surface area (Å²) in [4.78, 5) is 34.9. The number of hydrogen-bond donors (Lipinski definition) is 2. The molecule has 2 N–H and O–H groups in total. The average Bonchev–Trinajstić information content (AvgIpc) is 3.57. The molecule has 1 aliphatic rings. The number of methoxy groups -OCH3 is 1. The van der Waals surface area contributed by atoms with Gasteiger partial charge in [-0.25, -0.2) is 13.2 Å². The van der Waals surface area contributed by atoms with Gasteiger partial charge in [-0.2, -0.15) is 17.9 Å². The standard InChI is InChI=1S/C21H20F3N3O7S/c1-34-18(28)17(12-13-2-4-14(5-3-13)21(22,23)24)25-19(29)20(10-11-20)26-35(32,33)16-8-6-15(7-9-16)27(30)31/h2-9,17,26H,10-12H2,1H3,(H,25,29)/t17-/m0/s1. The molecule has 1 aliphatic carbocycles. The Kier molecular flexibility index (Phi) is 7.17. The van der Waals surface area contributed by atoms with Crippen molar-refractivity contribution in [1.82, 2.24) is 10.0 Å². The summed E-state index contributed by atoms with van der Waals surface area (Å²) < 4.78 is 70.7. The van der Waals surface area contributed by atoms with Crippen LogP contribution in [0.25, 0.3) is 0 Å². The maximum absolute atomic E-state index is 12.9. The van der Waals surface area contributed by atoms with Crippen LogP contribution in [-0.4, -0.2) is 43.9 Å². The Morgan fingerprint density at radius 1 is 1.11 bits per heavy atom. The molecule has 1 amide bonds. The van der Waals surface area contributed by atoms with Crippen molar-refractivity contribution in [3.63, 3.8) is 0 Å². The summed E-state index contributed by atoms with van der Waals surface area (Å²) in [7, 11) is -3.17. The highest BCUT2D eigenvalue weighted by Gasteiger charge is 2.53. The lowest BCUT2D eigenvalue weighted by Gasteiger charge is -2.22. The first-order chi connectivity index (χ1) is 16.3. The van der Waals surface area contributed by atoms with Gasteiger partial charge in [0.15, 0.2) is 0 Å². The van der Waals surface area contributed by atoms with Crippen molar-refractivity contribution in [2.24, 2.45) is 0 Å². The van der Waals surface area contributed by atoms with Crippen molar-refractivity contribution >= 4 is 27.6 Å². The van der Waals surface area contributed by atoms with Crippen molar-refractivity contribution in [3.05, 3.63) is 69.8 Å². The Labute approximate surface area is 197 Å². The summed E-state index contributed by atoms with van der Waals surface area (Å²) in [5.41, 5.74) is -2.43. The van der Waals surface area contributed by atoms with Crippen LogP contribution in [0.1, 0.15) is 24.0 Å². The lowest BCUT2D eigenvalue weighted by atomic mass is 10.0. The number of nitro groups is 1. The second-order valence-electron chi connectivity index (χ2n) is 7.89. The lowest BCUT2D eigenvalue weighted by molar-refractivity contribution is -0.384. The summed E-state index contributed by atoms with van der Waals surface area (Å²) >= 11 is 0. The number of ether oxygens (including phenoxy) is 1. The van der Waals surface area contributed by atoms with Gasteiger partial charge >= 0.3 is 12.1 Å². The van der Waals surface area contributed by atoms with E-state index in [0.717, 1.165) is 55.6 Å². The number of nitro benzene ring substituents is 1. The number of amides is 1. The van der Waals surface area contributed by atoms with Crippen LogP contribution in [0.4, 0.5) is 18.9 Å². The number of benzene rings is 2. The molecule has 0 heterocycles. The molecule has 2 aromatic rings. The molecule has 0 spiro atoms. The summed E-state index contributed by atoms with van der Waals surface area (Å²) in [6, 6.07) is 6.78. The maximum Gasteiger partial charge on any atom is 0.416 e. The van der Waals surface area contributed by atoms with Crippen LogP contribution in [0.5, 0.6) is 0 Å². The van der Waals surface area contributed by atoms with Crippen LogP contribution in [0.15, 0.2) is 53.4 Å². The minimum absolute atomic E-state index is 0.124. The zero-order valence-electron chi connectivity index (χ0n) is 18.2. The molecule has 2 aromatic carbocycles. The molecule has 0 saturated heterocycles. The van der Waals surface area contributed by atoms with E-state index in [4.69, 9.17) is 0 Å². The van der Waals surface area contributed by atoms with Crippen molar-refractivity contribution in [3.8, 4) is 0 Å². The third-order valence-corrected chi connectivity index (χ3v) is 6.94. The predicted molar refractivity (Wildman–Crippen MR) is 114 cm³/mol. The number of hydrogen-bond acceptors (Lipinski definition) is 7. The van der Waals surface area contributed by atoms with Gasteiger partial charge in [0.05, 0.1) is 22.5 Å². The topological polar surface area (TPSA) is 145 Å². The fourth-order valence-corrected chi connectivity index (χ4v) is 4.68. The zero-order chi connectivity index (χ0) is 26.0.